The first-order valence-corrected chi connectivity index (χ1v) is 8.57. The number of ether oxygens (including phenoxy) is 2. The van der Waals surface area contributed by atoms with Gasteiger partial charge in [0.2, 0.25) is 0 Å². The van der Waals surface area contributed by atoms with Gasteiger partial charge in [0.05, 0.1) is 18.9 Å². The molecule has 0 amide bonds. The summed E-state index contributed by atoms with van der Waals surface area (Å²) in [6.07, 6.45) is 12.4. The summed E-state index contributed by atoms with van der Waals surface area (Å²) in [7, 11) is 0. The Hall–Kier alpha value is -1.72. The van der Waals surface area contributed by atoms with Crippen molar-refractivity contribution in [3.63, 3.8) is 0 Å². The molecule has 0 saturated carbocycles. The summed E-state index contributed by atoms with van der Waals surface area (Å²) in [6, 6.07) is 1.97. The van der Waals surface area contributed by atoms with E-state index in [-0.39, 0.29) is 0 Å². The van der Waals surface area contributed by atoms with Crippen molar-refractivity contribution in [2.75, 3.05) is 26.4 Å². The normalized spacial score (nSPS) is 25.4. The van der Waals surface area contributed by atoms with Crippen LogP contribution in [0.5, 0.6) is 0 Å². The predicted octanol–water partition coefficient (Wildman–Crippen LogP) is 3.06. The molecule has 0 aliphatic carbocycles. The third-order valence-electron chi connectivity index (χ3n) is 4.91. The van der Waals surface area contributed by atoms with Gasteiger partial charge in [-0.2, -0.15) is 5.10 Å². The molecule has 4 heterocycles. The third-order valence-corrected chi connectivity index (χ3v) is 4.91. The number of hydrogen-bond donors (Lipinski definition) is 0. The van der Waals surface area contributed by atoms with Crippen LogP contribution in [0.1, 0.15) is 48.6 Å². The Morgan fingerprint density at radius 2 is 1.61 bits per heavy atom. The molecule has 2 fully saturated rings. The molecule has 122 valence electrons. The fourth-order valence-electron chi connectivity index (χ4n) is 3.72. The van der Waals surface area contributed by atoms with Crippen molar-refractivity contribution in [3.8, 4) is 5.69 Å². The highest BCUT2D eigenvalue weighted by Gasteiger charge is 2.26. The lowest BCUT2D eigenvalue weighted by molar-refractivity contribution is 0.0784. The molecule has 0 aromatic carbocycles. The van der Waals surface area contributed by atoms with Crippen LogP contribution < -0.4 is 0 Å². The van der Waals surface area contributed by atoms with Crippen molar-refractivity contribution in [2.45, 2.75) is 37.5 Å². The summed E-state index contributed by atoms with van der Waals surface area (Å²) in [5.74, 6) is 0.805. The maximum absolute atomic E-state index is 5.71. The Labute approximate surface area is 136 Å². The van der Waals surface area contributed by atoms with E-state index in [2.05, 4.69) is 10.1 Å². The number of aromatic nitrogens is 3. The van der Waals surface area contributed by atoms with Crippen LogP contribution in [-0.4, -0.2) is 41.2 Å². The second-order valence-corrected chi connectivity index (χ2v) is 6.45. The van der Waals surface area contributed by atoms with E-state index in [1.165, 1.54) is 16.8 Å². The van der Waals surface area contributed by atoms with E-state index in [1.807, 2.05) is 35.5 Å². The minimum Gasteiger partial charge on any atom is -0.381 e. The summed E-state index contributed by atoms with van der Waals surface area (Å²) >= 11 is 0. The van der Waals surface area contributed by atoms with Crippen molar-refractivity contribution in [2.24, 2.45) is 0 Å². The molecule has 2 aliphatic rings. The second kappa shape index (κ2) is 6.81. The van der Waals surface area contributed by atoms with Crippen molar-refractivity contribution in [3.05, 3.63) is 42.0 Å². The van der Waals surface area contributed by atoms with E-state index in [0.717, 1.165) is 52.1 Å². The summed E-state index contributed by atoms with van der Waals surface area (Å²) in [4.78, 5) is 4.55. The van der Waals surface area contributed by atoms with Crippen LogP contribution in [0.2, 0.25) is 0 Å². The molecule has 5 nitrogen and oxygen atoms in total. The number of pyridine rings is 1. The van der Waals surface area contributed by atoms with E-state index < -0.39 is 0 Å². The van der Waals surface area contributed by atoms with Gasteiger partial charge in [0, 0.05) is 61.0 Å². The maximum Gasteiger partial charge on any atom is 0.0747 e. The quantitative estimate of drug-likeness (QED) is 0.874. The largest absolute Gasteiger partial charge is 0.381 e. The molecular weight excluding hydrogens is 290 g/mol. The molecule has 0 N–H and O–H groups in total. The summed E-state index contributed by atoms with van der Waals surface area (Å²) in [6.45, 7) is 3.30. The smallest absolute Gasteiger partial charge is 0.0747 e. The second-order valence-electron chi connectivity index (χ2n) is 6.45. The highest BCUT2D eigenvalue weighted by Crippen LogP contribution is 2.36. The molecule has 23 heavy (non-hydrogen) atoms. The van der Waals surface area contributed by atoms with E-state index in [1.54, 1.807) is 0 Å². The van der Waals surface area contributed by atoms with Gasteiger partial charge in [-0.15, -0.1) is 0 Å². The first kappa shape index (κ1) is 14.8. The lowest BCUT2D eigenvalue weighted by Gasteiger charge is -2.29. The minimum absolute atomic E-state index is 0.403. The molecule has 2 aliphatic heterocycles. The summed E-state index contributed by atoms with van der Waals surface area (Å²) in [5, 5.41) is 4.50. The molecule has 0 radical (unpaired) electrons. The molecular formula is C18H23N3O2. The van der Waals surface area contributed by atoms with E-state index in [0.29, 0.717) is 11.8 Å². The van der Waals surface area contributed by atoms with Crippen LogP contribution in [0.25, 0.3) is 5.69 Å². The summed E-state index contributed by atoms with van der Waals surface area (Å²) < 4.78 is 13.4. The third kappa shape index (κ3) is 3.03. The molecule has 2 atom stereocenters. The van der Waals surface area contributed by atoms with Gasteiger partial charge < -0.3 is 9.47 Å². The van der Waals surface area contributed by atoms with Gasteiger partial charge in [-0.25, -0.2) is 4.68 Å². The fraction of sp³-hybridized carbons (Fsp3) is 0.556. The Morgan fingerprint density at radius 1 is 0.957 bits per heavy atom. The average Bonchev–Trinajstić information content (AvgIpc) is 3.17. The first-order valence-electron chi connectivity index (χ1n) is 8.57. The molecule has 2 unspecified atom stereocenters. The van der Waals surface area contributed by atoms with Crippen molar-refractivity contribution in [1.29, 1.82) is 0 Å². The van der Waals surface area contributed by atoms with Crippen molar-refractivity contribution >= 4 is 0 Å². The van der Waals surface area contributed by atoms with Crippen LogP contribution in [0.15, 0.2) is 30.9 Å². The summed E-state index contributed by atoms with van der Waals surface area (Å²) in [5.41, 5.74) is 3.71. The Bertz CT molecular complexity index is 593. The molecule has 2 saturated heterocycles. The topological polar surface area (TPSA) is 49.2 Å². The standard InChI is InChI=1S/C18H23N3O2/c1-4-14(12-22-8-1)16-10-19-11-17(15-5-2-9-23-13-15)18(16)21-7-3-6-20-21/h3,6-7,10-11,14-15H,1-2,4-5,8-9,12-13H2. The van der Waals surface area contributed by atoms with Gasteiger partial charge in [0.1, 0.15) is 0 Å². The van der Waals surface area contributed by atoms with Gasteiger partial charge in [-0.05, 0) is 31.7 Å². The zero-order valence-corrected chi connectivity index (χ0v) is 13.4. The molecule has 2 aromatic heterocycles. The van der Waals surface area contributed by atoms with Gasteiger partial charge in [-0.3, -0.25) is 4.98 Å². The first-order chi connectivity index (χ1) is 11.4. The Balaban J connectivity index is 1.78. The highest BCUT2D eigenvalue weighted by molar-refractivity contribution is 5.49. The van der Waals surface area contributed by atoms with E-state index in [9.17, 15) is 0 Å². The predicted molar refractivity (Wildman–Crippen MR) is 86.9 cm³/mol. The highest BCUT2D eigenvalue weighted by atomic mass is 16.5. The van der Waals surface area contributed by atoms with Crippen LogP contribution in [-0.2, 0) is 9.47 Å². The van der Waals surface area contributed by atoms with Crippen molar-refractivity contribution in [1.82, 2.24) is 14.8 Å². The average molecular weight is 313 g/mol. The Kier molecular flexibility index (Phi) is 4.39. The fourth-order valence-corrected chi connectivity index (χ4v) is 3.72. The van der Waals surface area contributed by atoms with Gasteiger partial charge >= 0.3 is 0 Å². The molecule has 4 rings (SSSR count). The zero-order chi connectivity index (χ0) is 15.5. The molecule has 5 heteroatoms. The maximum atomic E-state index is 5.71. The van der Waals surface area contributed by atoms with Crippen LogP contribution >= 0.6 is 0 Å². The molecule has 2 aromatic rings. The van der Waals surface area contributed by atoms with Gasteiger partial charge in [0.25, 0.3) is 0 Å². The molecule has 0 bridgehead atoms. The van der Waals surface area contributed by atoms with Crippen LogP contribution in [0.4, 0.5) is 0 Å². The number of rotatable bonds is 3. The number of nitrogens with zero attached hydrogens (tertiary/aromatic N) is 3. The Morgan fingerprint density at radius 3 is 2.09 bits per heavy atom. The van der Waals surface area contributed by atoms with E-state index in [4.69, 9.17) is 9.47 Å². The lowest BCUT2D eigenvalue weighted by atomic mass is 9.87. The number of hydrogen-bond acceptors (Lipinski definition) is 4. The molecule has 0 spiro atoms. The zero-order valence-electron chi connectivity index (χ0n) is 13.4. The lowest BCUT2D eigenvalue weighted by Crippen LogP contribution is -2.22. The van der Waals surface area contributed by atoms with Crippen LogP contribution in [0.3, 0.4) is 0 Å². The monoisotopic (exact) mass is 313 g/mol. The minimum atomic E-state index is 0.403. The van der Waals surface area contributed by atoms with Crippen molar-refractivity contribution < 1.29 is 9.47 Å². The SMILES string of the molecule is c1cnn(-c2c(C3CCCOC3)cncc2C2CCCOC2)c1. The van der Waals surface area contributed by atoms with Gasteiger partial charge in [-0.1, -0.05) is 0 Å². The van der Waals surface area contributed by atoms with Gasteiger partial charge in [0.15, 0.2) is 0 Å². The van der Waals surface area contributed by atoms with Crippen LogP contribution in [0, 0.1) is 0 Å². The van der Waals surface area contributed by atoms with E-state index >= 15 is 0 Å².